The number of esters is 1. The number of hydrogen-bond acceptors (Lipinski definition) is 2. The molecule has 0 saturated carbocycles. The first kappa shape index (κ1) is 15.2. The maximum atomic E-state index is 11.4. The van der Waals surface area contributed by atoms with Crippen molar-refractivity contribution in [2.45, 2.75) is 65.7 Å². The molecular weight excluding hydrogens is 200 g/mol. The summed E-state index contributed by atoms with van der Waals surface area (Å²) < 4.78 is 5.04. The van der Waals surface area contributed by atoms with Gasteiger partial charge in [0.15, 0.2) is 0 Å². The first-order valence-corrected chi connectivity index (χ1v) is 6.56. The first-order valence-electron chi connectivity index (χ1n) is 6.56. The molecule has 94 valence electrons. The van der Waals surface area contributed by atoms with E-state index in [0.717, 1.165) is 18.4 Å². The summed E-state index contributed by atoms with van der Waals surface area (Å²) in [4.78, 5) is 11.4. The Balaban J connectivity index is 3.57. The number of ether oxygens (including phenoxy) is 1. The van der Waals surface area contributed by atoms with Crippen molar-refractivity contribution in [3.8, 4) is 0 Å². The van der Waals surface area contributed by atoms with Crippen molar-refractivity contribution in [2.24, 2.45) is 0 Å². The van der Waals surface area contributed by atoms with Crippen molar-refractivity contribution in [3.05, 3.63) is 11.6 Å². The fourth-order valence-corrected chi connectivity index (χ4v) is 1.46. The molecule has 0 radical (unpaired) electrons. The molecule has 0 heterocycles. The maximum Gasteiger partial charge on any atom is 0.333 e. The van der Waals surface area contributed by atoms with E-state index in [4.69, 9.17) is 4.74 Å². The minimum Gasteiger partial charge on any atom is -0.462 e. The standard InChI is InChI=1S/C14H26O2/c1-4-6-7-8-9-10-11-13(3)14(15)16-12-5-2/h11H,4-10,12H2,1-3H3/b13-11+. The third-order valence-corrected chi connectivity index (χ3v) is 2.52. The van der Waals surface area contributed by atoms with Gasteiger partial charge < -0.3 is 4.74 Å². The fourth-order valence-electron chi connectivity index (χ4n) is 1.46. The van der Waals surface area contributed by atoms with Gasteiger partial charge in [-0.2, -0.15) is 0 Å². The summed E-state index contributed by atoms with van der Waals surface area (Å²) in [5, 5.41) is 0. The lowest BCUT2D eigenvalue weighted by atomic mass is 10.1. The summed E-state index contributed by atoms with van der Waals surface area (Å²) in [7, 11) is 0. The van der Waals surface area contributed by atoms with E-state index in [1.54, 1.807) is 0 Å². The van der Waals surface area contributed by atoms with Crippen LogP contribution in [0.4, 0.5) is 0 Å². The SMILES string of the molecule is CCCCCCC/C=C(\C)C(=O)OCCC. The molecule has 2 nitrogen and oxygen atoms in total. The van der Waals surface area contributed by atoms with E-state index < -0.39 is 0 Å². The number of carbonyl (C=O) groups is 1. The first-order chi connectivity index (χ1) is 7.72. The van der Waals surface area contributed by atoms with E-state index >= 15 is 0 Å². The highest BCUT2D eigenvalue weighted by Gasteiger charge is 2.03. The van der Waals surface area contributed by atoms with Crippen LogP contribution in [0.15, 0.2) is 11.6 Å². The smallest absolute Gasteiger partial charge is 0.333 e. The van der Waals surface area contributed by atoms with Crippen molar-refractivity contribution < 1.29 is 9.53 Å². The normalized spacial score (nSPS) is 11.6. The van der Waals surface area contributed by atoms with Gasteiger partial charge in [-0.05, 0) is 26.2 Å². The summed E-state index contributed by atoms with van der Waals surface area (Å²) in [6.07, 6.45) is 10.2. The van der Waals surface area contributed by atoms with Crippen LogP contribution in [0, 0.1) is 0 Å². The molecule has 2 heteroatoms. The molecule has 0 aliphatic carbocycles. The van der Waals surface area contributed by atoms with E-state index in [9.17, 15) is 4.79 Å². The van der Waals surface area contributed by atoms with Crippen molar-refractivity contribution in [3.63, 3.8) is 0 Å². The van der Waals surface area contributed by atoms with E-state index in [2.05, 4.69) is 6.92 Å². The van der Waals surface area contributed by atoms with Crippen LogP contribution in [0.5, 0.6) is 0 Å². The van der Waals surface area contributed by atoms with E-state index in [-0.39, 0.29) is 5.97 Å². The van der Waals surface area contributed by atoms with Crippen LogP contribution in [0.3, 0.4) is 0 Å². The van der Waals surface area contributed by atoms with Crippen molar-refractivity contribution in [1.82, 2.24) is 0 Å². The Labute approximate surface area is 100 Å². The van der Waals surface area contributed by atoms with Crippen LogP contribution >= 0.6 is 0 Å². The Morgan fingerprint density at radius 1 is 1.06 bits per heavy atom. The summed E-state index contributed by atoms with van der Waals surface area (Å²) in [5.74, 6) is -0.157. The third-order valence-electron chi connectivity index (χ3n) is 2.52. The zero-order valence-electron chi connectivity index (χ0n) is 11.1. The number of carbonyl (C=O) groups excluding carboxylic acids is 1. The molecule has 0 amide bonds. The zero-order valence-corrected chi connectivity index (χ0v) is 11.1. The molecule has 0 aromatic rings. The predicted molar refractivity (Wildman–Crippen MR) is 68.4 cm³/mol. The zero-order chi connectivity index (χ0) is 12.2. The molecule has 0 bridgehead atoms. The van der Waals surface area contributed by atoms with Gasteiger partial charge in [0, 0.05) is 5.57 Å². The Morgan fingerprint density at radius 3 is 2.38 bits per heavy atom. The quantitative estimate of drug-likeness (QED) is 0.334. The molecule has 0 rings (SSSR count). The summed E-state index contributed by atoms with van der Waals surface area (Å²) >= 11 is 0. The maximum absolute atomic E-state index is 11.4. The molecule has 0 aliphatic rings. The number of unbranched alkanes of at least 4 members (excludes halogenated alkanes) is 5. The van der Waals surface area contributed by atoms with Gasteiger partial charge in [-0.15, -0.1) is 0 Å². The number of rotatable bonds is 9. The second-order valence-corrected chi connectivity index (χ2v) is 4.23. The second-order valence-electron chi connectivity index (χ2n) is 4.23. The number of hydrogen-bond donors (Lipinski definition) is 0. The fraction of sp³-hybridized carbons (Fsp3) is 0.786. The summed E-state index contributed by atoms with van der Waals surface area (Å²) in [6.45, 7) is 6.58. The van der Waals surface area contributed by atoms with Gasteiger partial charge in [0.2, 0.25) is 0 Å². The molecule has 0 spiro atoms. The molecule has 0 aliphatic heterocycles. The molecule has 0 fully saturated rings. The third kappa shape index (κ3) is 8.51. The average Bonchev–Trinajstić information content (AvgIpc) is 2.30. The highest BCUT2D eigenvalue weighted by Crippen LogP contribution is 2.07. The van der Waals surface area contributed by atoms with Gasteiger partial charge in [-0.3, -0.25) is 0 Å². The lowest BCUT2D eigenvalue weighted by molar-refractivity contribution is -0.139. The average molecular weight is 226 g/mol. The Morgan fingerprint density at radius 2 is 1.75 bits per heavy atom. The molecule has 0 saturated heterocycles. The molecule has 0 aromatic heterocycles. The topological polar surface area (TPSA) is 26.3 Å². The molecule has 16 heavy (non-hydrogen) atoms. The highest BCUT2D eigenvalue weighted by molar-refractivity contribution is 5.87. The van der Waals surface area contributed by atoms with Crippen LogP contribution in [-0.2, 0) is 9.53 Å². The summed E-state index contributed by atoms with van der Waals surface area (Å²) in [6, 6.07) is 0. The minimum atomic E-state index is -0.157. The Kier molecular flexibility index (Phi) is 10.2. The van der Waals surface area contributed by atoms with E-state index in [1.165, 1.54) is 32.1 Å². The van der Waals surface area contributed by atoms with Crippen LogP contribution in [0.25, 0.3) is 0 Å². The molecule has 0 aromatic carbocycles. The van der Waals surface area contributed by atoms with Crippen molar-refractivity contribution in [2.75, 3.05) is 6.61 Å². The van der Waals surface area contributed by atoms with Crippen LogP contribution in [0.2, 0.25) is 0 Å². The van der Waals surface area contributed by atoms with Crippen LogP contribution < -0.4 is 0 Å². The van der Waals surface area contributed by atoms with Gasteiger partial charge in [0.05, 0.1) is 6.61 Å². The van der Waals surface area contributed by atoms with Crippen molar-refractivity contribution >= 4 is 5.97 Å². The Hall–Kier alpha value is -0.790. The highest BCUT2D eigenvalue weighted by atomic mass is 16.5. The second kappa shape index (κ2) is 10.7. The molecular formula is C14H26O2. The minimum absolute atomic E-state index is 0.157. The van der Waals surface area contributed by atoms with Gasteiger partial charge in [0.1, 0.15) is 0 Å². The van der Waals surface area contributed by atoms with E-state index in [1.807, 2.05) is 19.9 Å². The largest absolute Gasteiger partial charge is 0.462 e. The lowest BCUT2D eigenvalue weighted by Gasteiger charge is -2.03. The Bertz CT molecular complexity index is 207. The summed E-state index contributed by atoms with van der Waals surface area (Å²) in [5.41, 5.74) is 0.754. The predicted octanol–water partition coefficient (Wildman–Crippen LogP) is 4.25. The lowest BCUT2D eigenvalue weighted by Crippen LogP contribution is -2.06. The molecule has 0 atom stereocenters. The van der Waals surface area contributed by atoms with Gasteiger partial charge in [-0.25, -0.2) is 4.79 Å². The monoisotopic (exact) mass is 226 g/mol. The molecule has 0 unspecified atom stereocenters. The van der Waals surface area contributed by atoms with Gasteiger partial charge in [-0.1, -0.05) is 45.6 Å². The molecule has 0 N–H and O–H groups in total. The van der Waals surface area contributed by atoms with Crippen molar-refractivity contribution in [1.29, 1.82) is 0 Å². The van der Waals surface area contributed by atoms with Crippen LogP contribution in [0.1, 0.15) is 65.7 Å². The van der Waals surface area contributed by atoms with Gasteiger partial charge in [0.25, 0.3) is 0 Å². The van der Waals surface area contributed by atoms with Crippen LogP contribution in [-0.4, -0.2) is 12.6 Å². The van der Waals surface area contributed by atoms with Gasteiger partial charge >= 0.3 is 5.97 Å². The van der Waals surface area contributed by atoms with E-state index in [0.29, 0.717) is 6.61 Å². The number of allylic oxidation sites excluding steroid dienone is 1.